The monoisotopic (exact) mass is 322 g/mol. The fourth-order valence-electron chi connectivity index (χ4n) is 1.28. The average molecular weight is 322 g/mol. The smallest absolute Gasteiger partial charge is 0.257 e. The van der Waals surface area contributed by atoms with Crippen molar-refractivity contribution in [3.8, 4) is 24.7 Å². The van der Waals surface area contributed by atoms with E-state index in [2.05, 4.69) is 20.2 Å². The lowest BCUT2D eigenvalue weighted by atomic mass is 10.2. The predicted octanol–water partition coefficient (Wildman–Crippen LogP) is 0.506. The van der Waals surface area contributed by atoms with Crippen molar-refractivity contribution in [1.29, 1.82) is 0 Å². The fraction of sp³-hybridized carbons (Fsp3) is 0.667. The van der Waals surface area contributed by atoms with Crippen molar-refractivity contribution in [3.05, 3.63) is 0 Å². The lowest BCUT2D eigenvalue weighted by Crippen LogP contribution is -2.12. The minimum absolute atomic E-state index is 0.130. The van der Waals surface area contributed by atoms with E-state index >= 15 is 0 Å². The first-order chi connectivity index (χ1) is 9.33. The Morgan fingerprint density at radius 3 is 1.35 bits per heavy atom. The van der Waals surface area contributed by atoms with Gasteiger partial charge in [0.1, 0.15) is 13.2 Å². The first-order valence-corrected chi connectivity index (χ1v) is 9.09. The molecule has 0 saturated heterocycles. The summed E-state index contributed by atoms with van der Waals surface area (Å²) in [6.07, 6.45) is 11.7. The van der Waals surface area contributed by atoms with Crippen LogP contribution in [0.15, 0.2) is 0 Å². The molecule has 0 aromatic rings. The summed E-state index contributed by atoms with van der Waals surface area (Å²) in [5, 5.41) is 0. The van der Waals surface area contributed by atoms with Crippen LogP contribution >= 0.6 is 0 Å². The van der Waals surface area contributed by atoms with Crippen molar-refractivity contribution < 1.29 is 25.2 Å². The van der Waals surface area contributed by atoms with Gasteiger partial charge in [-0.25, -0.2) is 0 Å². The van der Waals surface area contributed by atoms with E-state index in [9.17, 15) is 16.8 Å². The van der Waals surface area contributed by atoms with E-state index in [-0.39, 0.29) is 24.7 Å². The number of hydrogen-bond acceptors (Lipinski definition) is 6. The number of terminal acetylenes is 2. The SMILES string of the molecule is C#CCOS(=O)(=O)CCCCCCS(=O)(=O)OCC#C. The molecule has 0 aliphatic heterocycles. The van der Waals surface area contributed by atoms with Crippen LogP contribution in [-0.2, 0) is 28.6 Å². The van der Waals surface area contributed by atoms with E-state index in [0.717, 1.165) is 0 Å². The molecule has 0 aliphatic rings. The lowest BCUT2D eigenvalue weighted by molar-refractivity contribution is 0.359. The summed E-state index contributed by atoms with van der Waals surface area (Å²) >= 11 is 0. The maximum atomic E-state index is 11.2. The highest BCUT2D eigenvalue weighted by Crippen LogP contribution is 2.06. The van der Waals surface area contributed by atoms with E-state index in [1.54, 1.807) is 0 Å². The van der Waals surface area contributed by atoms with Crippen molar-refractivity contribution in [2.75, 3.05) is 24.7 Å². The normalized spacial score (nSPS) is 11.7. The molecule has 0 bridgehead atoms. The maximum Gasteiger partial charge on any atom is 0.268 e. The molecule has 0 heterocycles. The predicted molar refractivity (Wildman–Crippen MR) is 75.6 cm³/mol. The van der Waals surface area contributed by atoms with Crippen molar-refractivity contribution in [1.82, 2.24) is 0 Å². The highest BCUT2D eigenvalue weighted by Gasteiger charge is 2.11. The van der Waals surface area contributed by atoms with Crippen LogP contribution in [0.3, 0.4) is 0 Å². The summed E-state index contributed by atoms with van der Waals surface area (Å²) in [7, 11) is -7.16. The number of unbranched alkanes of at least 4 members (excludes halogenated alkanes) is 3. The Kier molecular flexibility index (Phi) is 9.26. The van der Waals surface area contributed by atoms with Gasteiger partial charge >= 0.3 is 0 Å². The van der Waals surface area contributed by atoms with Gasteiger partial charge in [-0.3, -0.25) is 8.37 Å². The molecule has 0 radical (unpaired) electrons. The van der Waals surface area contributed by atoms with Crippen molar-refractivity contribution in [3.63, 3.8) is 0 Å². The summed E-state index contributed by atoms with van der Waals surface area (Å²) in [5.74, 6) is 3.88. The molecule has 114 valence electrons. The van der Waals surface area contributed by atoms with Crippen LogP contribution < -0.4 is 0 Å². The van der Waals surface area contributed by atoms with Crippen LogP contribution in [0.1, 0.15) is 25.7 Å². The molecule has 8 heteroatoms. The molecule has 0 unspecified atom stereocenters. The second kappa shape index (κ2) is 9.78. The van der Waals surface area contributed by atoms with Crippen LogP contribution in [0.4, 0.5) is 0 Å². The largest absolute Gasteiger partial charge is 0.268 e. The molecule has 6 nitrogen and oxygen atoms in total. The number of rotatable bonds is 11. The Balaban J connectivity index is 3.74. The van der Waals surface area contributed by atoms with Crippen LogP contribution in [0.5, 0.6) is 0 Å². The molecule has 0 aromatic carbocycles. The third-order valence-corrected chi connectivity index (χ3v) is 4.71. The van der Waals surface area contributed by atoms with E-state index in [1.165, 1.54) is 0 Å². The van der Waals surface area contributed by atoms with E-state index in [4.69, 9.17) is 12.8 Å². The second-order valence-electron chi connectivity index (χ2n) is 3.87. The topological polar surface area (TPSA) is 86.7 Å². The minimum Gasteiger partial charge on any atom is -0.257 e. The van der Waals surface area contributed by atoms with Gasteiger partial charge in [0, 0.05) is 0 Å². The van der Waals surface area contributed by atoms with Gasteiger partial charge in [-0.05, 0) is 12.8 Å². The highest BCUT2D eigenvalue weighted by molar-refractivity contribution is 7.86. The standard InChI is InChI=1S/C12H18O6S2/c1-3-9-17-19(13,14)11-7-5-6-8-12-20(15,16)18-10-4-2/h1-2H,5-12H2. The van der Waals surface area contributed by atoms with Crippen molar-refractivity contribution in [2.45, 2.75) is 25.7 Å². The first kappa shape index (κ1) is 18.9. The zero-order valence-electron chi connectivity index (χ0n) is 11.1. The van der Waals surface area contributed by atoms with Crippen LogP contribution in [0.25, 0.3) is 0 Å². The molecule has 0 spiro atoms. The molecule has 0 fully saturated rings. The Bertz CT molecular complexity index is 496. The Morgan fingerprint density at radius 1 is 0.700 bits per heavy atom. The van der Waals surface area contributed by atoms with Gasteiger partial charge in [-0.15, -0.1) is 12.8 Å². The van der Waals surface area contributed by atoms with Gasteiger partial charge < -0.3 is 0 Å². The van der Waals surface area contributed by atoms with Gasteiger partial charge in [0.2, 0.25) is 0 Å². The summed E-state index contributed by atoms with van der Waals surface area (Å²) < 4.78 is 54.0. The van der Waals surface area contributed by atoms with Gasteiger partial charge in [0.25, 0.3) is 20.2 Å². The van der Waals surface area contributed by atoms with Crippen molar-refractivity contribution >= 4 is 20.2 Å². The van der Waals surface area contributed by atoms with Crippen LogP contribution in [-0.4, -0.2) is 41.6 Å². The molecule has 0 atom stereocenters. The molecule has 0 aliphatic carbocycles. The second-order valence-corrected chi connectivity index (χ2v) is 7.39. The molecule has 0 N–H and O–H groups in total. The van der Waals surface area contributed by atoms with Crippen molar-refractivity contribution in [2.24, 2.45) is 0 Å². The van der Waals surface area contributed by atoms with Gasteiger partial charge in [-0.1, -0.05) is 24.7 Å². The molecule has 0 aromatic heterocycles. The quantitative estimate of drug-likeness (QED) is 0.313. The van der Waals surface area contributed by atoms with Gasteiger partial charge in [0.15, 0.2) is 0 Å². The van der Waals surface area contributed by atoms with Gasteiger partial charge in [-0.2, -0.15) is 16.8 Å². The molecule has 0 rings (SSSR count). The fourth-order valence-corrected chi connectivity index (χ4v) is 3.12. The average Bonchev–Trinajstić information content (AvgIpc) is 2.38. The highest BCUT2D eigenvalue weighted by atomic mass is 32.2. The van der Waals surface area contributed by atoms with E-state index < -0.39 is 20.2 Å². The maximum absolute atomic E-state index is 11.2. The minimum atomic E-state index is -3.58. The molecular formula is C12H18O6S2. The van der Waals surface area contributed by atoms with E-state index in [1.807, 2.05) is 0 Å². The summed E-state index contributed by atoms with van der Waals surface area (Å²) in [6, 6.07) is 0. The Morgan fingerprint density at radius 2 is 1.05 bits per heavy atom. The zero-order chi connectivity index (χ0) is 15.5. The zero-order valence-corrected chi connectivity index (χ0v) is 12.7. The third kappa shape index (κ3) is 10.8. The summed E-state index contributed by atoms with van der Waals surface area (Å²) in [4.78, 5) is 0. The van der Waals surface area contributed by atoms with Crippen LogP contribution in [0.2, 0.25) is 0 Å². The molecular weight excluding hydrogens is 304 g/mol. The Labute approximate surface area is 121 Å². The first-order valence-electron chi connectivity index (χ1n) is 5.94. The molecule has 20 heavy (non-hydrogen) atoms. The molecule has 0 saturated carbocycles. The Hall–Kier alpha value is -1.06. The molecule has 0 amide bonds. The summed E-state index contributed by atoms with van der Waals surface area (Å²) in [6.45, 7) is -0.541. The number of hydrogen-bond donors (Lipinski definition) is 0. The third-order valence-electron chi connectivity index (χ3n) is 2.18. The van der Waals surface area contributed by atoms with E-state index in [0.29, 0.717) is 25.7 Å². The lowest BCUT2D eigenvalue weighted by Gasteiger charge is -2.04. The van der Waals surface area contributed by atoms with Crippen LogP contribution in [0, 0.1) is 24.7 Å². The summed E-state index contributed by atoms with van der Waals surface area (Å²) in [5.41, 5.74) is 0. The van der Waals surface area contributed by atoms with Gasteiger partial charge in [0.05, 0.1) is 11.5 Å².